The molecule has 0 spiro atoms. The number of aryl methyl sites for hydroxylation is 2. The Hall–Kier alpha value is -3.00. The number of anilines is 1. The van der Waals surface area contributed by atoms with Gasteiger partial charge in [0.1, 0.15) is 11.7 Å². The average Bonchev–Trinajstić information content (AvgIpc) is 3.71. The minimum atomic E-state index is -0.328. The number of nitrogens with zero attached hydrogens (tertiary/aromatic N) is 3. The molecule has 1 amide bonds. The summed E-state index contributed by atoms with van der Waals surface area (Å²) in [5.41, 5.74) is 5.01. The highest BCUT2D eigenvalue weighted by Gasteiger charge is 2.49. The average molecular weight is 461 g/mol. The number of hydrogen-bond acceptors (Lipinski definition) is 5. The Morgan fingerprint density at radius 1 is 1.03 bits per heavy atom. The SMILES string of the molecule is Cc1n[nH]c(C)c1-c1ccc(NC(=O)C(c2n[nH]c(C3CCOC3)n2)C(C2CC2)C2CC2)cc1. The Kier molecular flexibility index (Phi) is 5.48. The molecule has 3 aliphatic rings. The molecule has 1 saturated heterocycles. The Morgan fingerprint density at radius 2 is 1.76 bits per heavy atom. The van der Waals surface area contributed by atoms with Gasteiger partial charge in [0.05, 0.1) is 12.3 Å². The van der Waals surface area contributed by atoms with Crippen LogP contribution in [0.5, 0.6) is 0 Å². The summed E-state index contributed by atoms with van der Waals surface area (Å²) in [5, 5.41) is 18.2. The first-order chi connectivity index (χ1) is 16.6. The summed E-state index contributed by atoms with van der Waals surface area (Å²) >= 11 is 0. The molecule has 2 unspecified atom stereocenters. The van der Waals surface area contributed by atoms with Crippen molar-refractivity contribution in [1.29, 1.82) is 0 Å². The van der Waals surface area contributed by atoms with Crippen LogP contribution < -0.4 is 5.32 Å². The van der Waals surface area contributed by atoms with Crippen LogP contribution in [0.15, 0.2) is 24.3 Å². The molecule has 0 radical (unpaired) electrons. The zero-order valence-electron chi connectivity index (χ0n) is 19.8. The summed E-state index contributed by atoms with van der Waals surface area (Å²) in [4.78, 5) is 18.6. The van der Waals surface area contributed by atoms with Crippen LogP contribution in [0, 0.1) is 31.6 Å². The van der Waals surface area contributed by atoms with Crippen molar-refractivity contribution in [2.75, 3.05) is 18.5 Å². The summed E-state index contributed by atoms with van der Waals surface area (Å²) in [6.45, 7) is 5.44. The van der Waals surface area contributed by atoms with Gasteiger partial charge in [-0.1, -0.05) is 12.1 Å². The zero-order chi connectivity index (χ0) is 23.2. The van der Waals surface area contributed by atoms with Crippen molar-refractivity contribution in [1.82, 2.24) is 25.4 Å². The van der Waals surface area contributed by atoms with Crippen LogP contribution in [0.4, 0.5) is 5.69 Å². The van der Waals surface area contributed by atoms with Crippen LogP contribution in [0.1, 0.15) is 67.0 Å². The number of carbonyl (C=O) groups is 1. The van der Waals surface area contributed by atoms with E-state index in [1.54, 1.807) is 0 Å². The van der Waals surface area contributed by atoms with Crippen LogP contribution >= 0.6 is 0 Å². The second-order valence-corrected chi connectivity index (χ2v) is 10.2. The second kappa shape index (κ2) is 8.65. The Labute approximate surface area is 199 Å². The van der Waals surface area contributed by atoms with Gasteiger partial charge in [-0.15, -0.1) is 0 Å². The fraction of sp³-hybridized carbons (Fsp3) is 0.538. The standard InChI is InChI=1S/C26H32N6O2/c1-14-21(15(2)30-29-14)16-7-9-20(10-8-16)27-26(33)23(22(17-3-4-17)18-5-6-18)25-28-24(31-32-25)19-11-12-34-13-19/h7-10,17-19,22-23H,3-6,11-13H2,1-2H3,(H,27,33)(H,29,30)(H,28,31,32). The highest BCUT2D eigenvalue weighted by atomic mass is 16.5. The van der Waals surface area contributed by atoms with Gasteiger partial charge in [-0.25, -0.2) is 4.98 Å². The van der Waals surface area contributed by atoms with E-state index in [2.05, 4.69) is 25.7 Å². The normalized spacial score (nSPS) is 21.2. The second-order valence-electron chi connectivity index (χ2n) is 10.2. The summed E-state index contributed by atoms with van der Waals surface area (Å²) in [5.74, 6) is 2.94. The topological polar surface area (TPSA) is 109 Å². The predicted molar refractivity (Wildman–Crippen MR) is 128 cm³/mol. The van der Waals surface area contributed by atoms with Gasteiger partial charge in [0.15, 0.2) is 5.82 Å². The maximum Gasteiger partial charge on any atom is 0.235 e. The molecule has 1 aromatic carbocycles. The Balaban J connectivity index is 1.25. The van der Waals surface area contributed by atoms with Crippen molar-refractivity contribution < 1.29 is 9.53 Å². The van der Waals surface area contributed by atoms with E-state index in [0.29, 0.717) is 30.2 Å². The Bertz CT molecular complexity index is 1140. The first-order valence-electron chi connectivity index (χ1n) is 12.5. The molecule has 2 atom stereocenters. The molecule has 0 bridgehead atoms. The van der Waals surface area contributed by atoms with E-state index in [4.69, 9.17) is 9.72 Å². The van der Waals surface area contributed by atoms with E-state index in [9.17, 15) is 4.79 Å². The molecule has 8 nitrogen and oxygen atoms in total. The molecular formula is C26H32N6O2. The molecule has 3 N–H and O–H groups in total. The van der Waals surface area contributed by atoms with E-state index in [0.717, 1.165) is 47.1 Å². The van der Waals surface area contributed by atoms with Crippen molar-refractivity contribution in [3.63, 3.8) is 0 Å². The summed E-state index contributed by atoms with van der Waals surface area (Å²) in [6.07, 6.45) is 5.77. The van der Waals surface area contributed by atoms with Gasteiger partial charge in [-0.2, -0.15) is 10.2 Å². The number of aromatic amines is 2. The van der Waals surface area contributed by atoms with E-state index >= 15 is 0 Å². The lowest BCUT2D eigenvalue weighted by Gasteiger charge is -2.24. The maximum absolute atomic E-state index is 13.7. The Morgan fingerprint density at radius 3 is 2.35 bits per heavy atom. The lowest BCUT2D eigenvalue weighted by molar-refractivity contribution is -0.119. The third kappa shape index (κ3) is 4.15. The lowest BCUT2D eigenvalue weighted by Crippen LogP contribution is -2.31. The first-order valence-corrected chi connectivity index (χ1v) is 12.5. The molecule has 1 aliphatic heterocycles. The molecule has 3 heterocycles. The smallest absolute Gasteiger partial charge is 0.235 e. The van der Waals surface area contributed by atoms with E-state index in [1.807, 2.05) is 38.1 Å². The quantitative estimate of drug-likeness (QED) is 0.459. The lowest BCUT2D eigenvalue weighted by atomic mass is 9.82. The molecule has 178 valence electrons. The van der Waals surface area contributed by atoms with E-state index in [-0.39, 0.29) is 17.7 Å². The molecule has 2 aromatic heterocycles. The number of benzene rings is 1. The van der Waals surface area contributed by atoms with Gasteiger partial charge in [0, 0.05) is 29.5 Å². The summed E-state index contributed by atoms with van der Waals surface area (Å²) in [7, 11) is 0. The van der Waals surface area contributed by atoms with E-state index in [1.165, 1.54) is 25.7 Å². The fourth-order valence-electron chi connectivity index (χ4n) is 5.63. The number of aromatic nitrogens is 5. The van der Waals surface area contributed by atoms with Gasteiger partial charge in [-0.05, 0) is 81.4 Å². The minimum Gasteiger partial charge on any atom is -0.381 e. The predicted octanol–water partition coefficient (Wildman–Crippen LogP) is 4.47. The number of ether oxygens (including phenoxy) is 1. The van der Waals surface area contributed by atoms with Crippen molar-refractivity contribution in [3.8, 4) is 11.1 Å². The third-order valence-corrected chi connectivity index (χ3v) is 7.68. The number of carbonyl (C=O) groups excluding carboxylic acids is 1. The first kappa shape index (κ1) is 21.5. The van der Waals surface area contributed by atoms with Crippen LogP contribution in [0.25, 0.3) is 11.1 Å². The monoisotopic (exact) mass is 460 g/mol. The number of rotatable bonds is 8. The molecular weight excluding hydrogens is 428 g/mol. The van der Waals surface area contributed by atoms with Gasteiger partial charge in [-0.3, -0.25) is 15.0 Å². The molecule has 3 fully saturated rings. The van der Waals surface area contributed by atoms with Crippen molar-refractivity contribution in [2.24, 2.45) is 17.8 Å². The number of hydrogen-bond donors (Lipinski definition) is 3. The highest BCUT2D eigenvalue weighted by molar-refractivity contribution is 5.96. The van der Waals surface area contributed by atoms with E-state index < -0.39 is 0 Å². The number of amides is 1. The number of nitrogens with one attached hydrogen (secondary N) is 3. The highest BCUT2D eigenvalue weighted by Crippen LogP contribution is 2.54. The molecule has 34 heavy (non-hydrogen) atoms. The van der Waals surface area contributed by atoms with Crippen LogP contribution in [-0.4, -0.2) is 44.5 Å². The van der Waals surface area contributed by atoms with Crippen LogP contribution in [-0.2, 0) is 9.53 Å². The summed E-state index contributed by atoms with van der Waals surface area (Å²) in [6, 6.07) is 8.02. The molecule has 3 aromatic rings. The largest absolute Gasteiger partial charge is 0.381 e. The summed E-state index contributed by atoms with van der Waals surface area (Å²) < 4.78 is 5.53. The minimum absolute atomic E-state index is 0.000411. The van der Waals surface area contributed by atoms with Gasteiger partial charge in [0.2, 0.25) is 5.91 Å². The fourth-order valence-corrected chi connectivity index (χ4v) is 5.63. The van der Waals surface area contributed by atoms with Gasteiger partial charge in [0.25, 0.3) is 0 Å². The molecule has 2 aliphatic carbocycles. The number of H-pyrrole nitrogens is 2. The van der Waals surface area contributed by atoms with Crippen LogP contribution in [0.2, 0.25) is 0 Å². The van der Waals surface area contributed by atoms with Crippen molar-refractivity contribution in [2.45, 2.75) is 57.8 Å². The van der Waals surface area contributed by atoms with Crippen molar-refractivity contribution in [3.05, 3.63) is 47.3 Å². The zero-order valence-corrected chi connectivity index (χ0v) is 19.8. The third-order valence-electron chi connectivity index (χ3n) is 7.68. The van der Waals surface area contributed by atoms with Gasteiger partial charge < -0.3 is 10.1 Å². The van der Waals surface area contributed by atoms with Gasteiger partial charge >= 0.3 is 0 Å². The molecule has 2 saturated carbocycles. The van der Waals surface area contributed by atoms with Crippen LogP contribution in [0.3, 0.4) is 0 Å². The molecule has 6 rings (SSSR count). The molecule has 8 heteroatoms. The van der Waals surface area contributed by atoms with Crippen molar-refractivity contribution >= 4 is 11.6 Å². The maximum atomic E-state index is 13.7.